The van der Waals surface area contributed by atoms with E-state index in [9.17, 15) is 24.0 Å². The Morgan fingerprint density at radius 1 is 0.886 bits per heavy atom. The molecule has 0 saturated carbocycles. The quantitative estimate of drug-likeness (QED) is 0.195. The van der Waals surface area contributed by atoms with Gasteiger partial charge in [-0.1, -0.05) is 58.4 Å². The molecule has 0 unspecified atom stereocenters. The molecule has 9 nitrogen and oxygen atoms in total. The van der Waals surface area contributed by atoms with Gasteiger partial charge in [0.15, 0.2) is 0 Å². The summed E-state index contributed by atoms with van der Waals surface area (Å²) < 4.78 is 6.39. The van der Waals surface area contributed by atoms with Gasteiger partial charge in [0.05, 0.1) is 28.8 Å². The van der Waals surface area contributed by atoms with E-state index in [0.717, 1.165) is 28.0 Å². The molecule has 2 aliphatic rings. The molecule has 1 N–H and O–H groups in total. The minimum atomic E-state index is -0.861. The number of ether oxygens (including phenoxy) is 1. The fourth-order valence-electron chi connectivity index (χ4n) is 5.38. The summed E-state index contributed by atoms with van der Waals surface area (Å²) in [7, 11) is 0. The molecule has 0 bridgehead atoms. The summed E-state index contributed by atoms with van der Waals surface area (Å²) in [5, 5.41) is 3.38. The number of hydrogen-bond acceptors (Lipinski definition) is 8. The van der Waals surface area contributed by atoms with Crippen molar-refractivity contribution in [1.29, 1.82) is 0 Å². The number of nitrogens with one attached hydrogen (secondary N) is 1. The van der Waals surface area contributed by atoms with E-state index in [1.807, 2.05) is 0 Å². The summed E-state index contributed by atoms with van der Waals surface area (Å²) in [6, 6.07) is 19.6. The molecule has 3 aromatic carbocycles. The van der Waals surface area contributed by atoms with E-state index in [2.05, 4.69) is 5.32 Å². The van der Waals surface area contributed by atoms with Crippen molar-refractivity contribution >= 4 is 81.4 Å². The van der Waals surface area contributed by atoms with Crippen LogP contribution in [0.15, 0.2) is 82.6 Å². The summed E-state index contributed by atoms with van der Waals surface area (Å²) in [4.78, 5) is 67.8. The third kappa shape index (κ3) is 5.56. The van der Waals surface area contributed by atoms with Crippen LogP contribution in [0.3, 0.4) is 0 Å². The lowest BCUT2D eigenvalue weighted by molar-refractivity contribution is -0.122. The maximum atomic E-state index is 14.0. The fourth-order valence-corrected chi connectivity index (χ4v) is 8.40. The number of benzene rings is 3. The van der Waals surface area contributed by atoms with Crippen LogP contribution in [0.2, 0.25) is 10.0 Å². The molecule has 1 aromatic heterocycles. The maximum Gasteiger partial charge on any atom is 0.338 e. The predicted molar refractivity (Wildman–Crippen MR) is 170 cm³/mol. The third-order valence-electron chi connectivity index (χ3n) is 7.34. The van der Waals surface area contributed by atoms with Crippen LogP contribution in [0.4, 0.5) is 11.4 Å². The smallest absolute Gasteiger partial charge is 0.338 e. The second-order valence-corrected chi connectivity index (χ2v) is 13.0. The van der Waals surface area contributed by atoms with Gasteiger partial charge >= 0.3 is 10.8 Å². The number of imide groups is 1. The van der Waals surface area contributed by atoms with Crippen molar-refractivity contribution in [2.24, 2.45) is 5.92 Å². The minimum Gasteiger partial charge on any atom is -0.462 e. The van der Waals surface area contributed by atoms with Gasteiger partial charge in [0.25, 0.3) is 0 Å². The summed E-state index contributed by atoms with van der Waals surface area (Å²) in [5.41, 5.74) is 1.85. The molecule has 3 heterocycles. The minimum absolute atomic E-state index is 0.217. The predicted octanol–water partition coefficient (Wildman–Crippen LogP) is 5.83. The van der Waals surface area contributed by atoms with E-state index in [1.54, 1.807) is 55.5 Å². The first-order chi connectivity index (χ1) is 21.2. The molecule has 3 atom stereocenters. The van der Waals surface area contributed by atoms with Crippen LogP contribution in [-0.2, 0) is 25.7 Å². The van der Waals surface area contributed by atoms with Crippen LogP contribution in [0.1, 0.15) is 33.6 Å². The first kappa shape index (κ1) is 30.1. The average Bonchev–Trinajstić information content (AvgIpc) is 3.45. The van der Waals surface area contributed by atoms with Gasteiger partial charge in [-0.2, -0.15) is 0 Å². The zero-order valence-corrected chi connectivity index (χ0v) is 26.1. The summed E-state index contributed by atoms with van der Waals surface area (Å²) >= 11 is 14.2. The molecule has 0 spiro atoms. The zero-order valence-electron chi connectivity index (χ0n) is 23.0. The average molecular weight is 669 g/mol. The molecule has 13 heteroatoms. The molecular formula is C31H23Cl2N3O6S2. The topological polar surface area (TPSA) is 115 Å². The van der Waals surface area contributed by atoms with Crippen molar-refractivity contribution in [1.82, 2.24) is 4.57 Å². The molecule has 1 fully saturated rings. The van der Waals surface area contributed by atoms with Crippen molar-refractivity contribution in [2.45, 2.75) is 29.7 Å². The van der Waals surface area contributed by atoms with Gasteiger partial charge in [0.2, 0.25) is 17.7 Å². The van der Waals surface area contributed by atoms with Crippen molar-refractivity contribution in [3.63, 3.8) is 0 Å². The highest BCUT2D eigenvalue weighted by molar-refractivity contribution is 8.00. The SMILES string of the molecule is CCOC(=O)c1ccc(N2C(=O)[C@@H]3[C@H](c4ccc(Cl)cc4)c4sc(=O)n(CC(=O)Nc5ccc(Cl)cc5)c4S[C@@H]3C2=O)cc1. The standard InChI is InChI=1S/C31H23Cl2N3O6S2/c1-2-42-30(40)17-5-13-21(14-6-17)36-27(38)24-23(16-3-7-18(32)8-4-16)26-29(43-25(24)28(36)39)35(31(41)44-26)15-22(37)34-20-11-9-19(33)10-12-20/h3-14,23-25H,2,15H2,1H3,(H,34,37)/t23-,24+,25-/m0/s1. The fraction of sp³-hybridized carbons (Fsp3) is 0.194. The Hall–Kier alpha value is -3.90. The van der Waals surface area contributed by atoms with Crippen molar-refractivity contribution < 1.29 is 23.9 Å². The van der Waals surface area contributed by atoms with Gasteiger partial charge in [-0.3, -0.25) is 23.7 Å². The van der Waals surface area contributed by atoms with Gasteiger partial charge in [-0.25, -0.2) is 9.69 Å². The van der Waals surface area contributed by atoms with Gasteiger partial charge in [0.1, 0.15) is 11.8 Å². The van der Waals surface area contributed by atoms with Crippen LogP contribution in [-0.4, -0.2) is 40.1 Å². The number of carbonyl (C=O) groups excluding carboxylic acids is 4. The van der Waals surface area contributed by atoms with Crippen LogP contribution < -0.4 is 15.1 Å². The van der Waals surface area contributed by atoms with Crippen molar-refractivity contribution in [3.05, 3.63) is 109 Å². The lowest BCUT2D eigenvalue weighted by Crippen LogP contribution is -2.33. The van der Waals surface area contributed by atoms with E-state index in [1.165, 1.54) is 28.8 Å². The Bertz CT molecular complexity index is 1840. The van der Waals surface area contributed by atoms with Gasteiger partial charge in [-0.05, 0) is 73.2 Å². The molecular weight excluding hydrogens is 645 g/mol. The molecule has 4 aromatic rings. The highest BCUT2D eigenvalue weighted by atomic mass is 35.5. The van der Waals surface area contributed by atoms with Crippen LogP contribution in [0.5, 0.6) is 0 Å². The molecule has 6 rings (SSSR count). The molecule has 0 aliphatic carbocycles. The van der Waals surface area contributed by atoms with Crippen molar-refractivity contribution in [3.8, 4) is 0 Å². The van der Waals surface area contributed by atoms with Crippen LogP contribution in [0, 0.1) is 5.92 Å². The number of aromatic nitrogens is 1. The van der Waals surface area contributed by atoms with Crippen molar-refractivity contribution in [2.75, 3.05) is 16.8 Å². The highest BCUT2D eigenvalue weighted by Gasteiger charge is 2.56. The number of hydrogen-bond donors (Lipinski definition) is 1. The molecule has 2 aliphatic heterocycles. The van der Waals surface area contributed by atoms with E-state index in [-0.39, 0.29) is 18.0 Å². The van der Waals surface area contributed by atoms with Crippen LogP contribution >= 0.6 is 46.3 Å². The summed E-state index contributed by atoms with van der Waals surface area (Å²) in [5.74, 6) is -3.26. The lowest BCUT2D eigenvalue weighted by Gasteiger charge is -2.30. The number of thiazole rings is 1. The number of halogens is 2. The number of amides is 3. The normalized spacial score (nSPS) is 19.0. The molecule has 3 amide bonds. The Morgan fingerprint density at radius 2 is 1.52 bits per heavy atom. The number of fused-ring (bicyclic) bond motifs is 2. The molecule has 1 saturated heterocycles. The largest absolute Gasteiger partial charge is 0.462 e. The molecule has 44 heavy (non-hydrogen) atoms. The second-order valence-electron chi connectivity index (χ2n) is 10.1. The Morgan fingerprint density at radius 3 is 2.16 bits per heavy atom. The number of carbonyl (C=O) groups is 4. The van der Waals surface area contributed by atoms with Gasteiger partial charge < -0.3 is 10.1 Å². The molecule has 0 radical (unpaired) electrons. The van der Waals surface area contributed by atoms with Gasteiger partial charge in [0, 0.05) is 26.5 Å². The Labute approximate surface area is 269 Å². The third-order valence-corrected chi connectivity index (χ3v) is 10.5. The van der Waals surface area contributed by atoms with E-state index in [0.29, 0.717) is 42.5 Å². The summed E-state index contributed by atoms with van der Waals surface area (Å²) in [6.45, 7) is 1.63. The van der Waals surface area contributed by atoms with E-state index < -0.39 is 40.8 Å². The van der Waals surface area contributed by atoms with E-state index >= 15 is 0 Å². The monoisotopic (exact) mass is 667 g/mol. The summed E-state index contributed by atoms with van der Waals surface area (Å²) in [6.07, 6.45) is 0. The zero-order chi connectivity index (χ0) is 31.1. The number of thioether (sulfide) groups is 1. The molecule has 224 valence electrons. The number of nitrogens with zero attached hydrogens (tertiary/aromatic N) is 2. The van der Waals surface area contributed by atoms with E-state index in [4.69, 9.17) is 27.9 Å². The Kier molecular flexibility index (Phi) is 8.38. The number of anilines is 2. The van der Waals surface area contributed by atoms with Gasteiger partial charge in [-0.15, -0.1) is 0 Å². The lowest BCUT2D eigenvalue weighted by atomic mass is 9.83. The number of rotatable bonds is 7. The second kappa shape index (κ2) is 12.2. The first-order valence-corrected chi connectivity index (χ1v) is 16.0. The Balaban J connectivity index is 1.36. The highest BCUT2D eigenvalue weighted by Crippen LogP contribution is 2.54. The first-order valence-electron chi connectivity index (χ1n) is 13.5. The van der Waals surface area contributed by atoms with Crippen LogP contribution in [0.25, 0.3) is 0 Å². The maximum absolute atomic E-state index is 14.0. The number of esters is 1.